The first-order valence-corrected chi connectivity index (χ1v) is 10.0. The lowest BCUT2D eigenvalue weighted by atomic mass is 10.1. The fraction of sp³-hybridized carbons (Fsp3) is 0.190. The molecule has 0 aliphatic heterocycles. The van der Waals surface area contributed by atoms with Crippen LogP contribution in [0.5, 0.6) is 17.2 Å². The molecule has 0 spiro atoms. The number of methoxy groups -OCH3 is 1. The van der Waals surface area contributed by atoms with Crippen LogP contribution >= 0.6 is 27.5 Å². The number of benzene rings is 2. The number of aliphatic carboxylic acids is 1. The number of hydrogen-bond donors (Lipinski definition) is 2. The molecule has 0 aromatic heterocycles. The monoisotopic (exact) mass is 508 g/mol. The quantitative estimate of drug-likeness (QED) is 0.377. The van der Waals surface area contributed by atoms with Gasteiger partial charge in [0.25, 0.3) is 5.91 Å². The molecule has 0 radical (unpaired) electrons. The van der Waals surface area contributed by atoms with E-state index in [1.165, 1.54) is 25.3 Å². The van der Waals surface area contributed by atoms with Crippen molar-refractivity contribution in [3.8, 4) is 23.3 Å². The van der Waals surface area contributed by atoms with Crippen LogP contribution in [0.2, 0.25) is 5.02 Å². The van der Waals surface area contributed by atoms with Crippen LogP contribution in [0.3, 0.4) is 0 Å². The van der Waals surface area contributed by atoms with Crippen LogP contribution in [0.25, 0.3) is 6.08 Å². The minimum atomic E-state index is -1.14. The van der Waals surface area contributed by atoms with Crippen LogP contribution in [-0.2, 0) is 9.59 Å². The van der Waals surface area contributed by atoms with Crippen molar-refractivity contribution in [1.29, 1.82) is 5.26 Å². The largest absolute Gasteiger partial charge is 0.495 e. The van der Waals surface area contributed by atoms with Crippen molar-refractivity contribution < 1.29 is 28.9 Å². The Hall–Kier alpha value is -3.22. The van der Waals surface area contributed by atoms with Gasteiger partial charge in [-0.05, 0) is 64.8 Å². The van der Waals surface area contributed by atoms with E-state index in [0.717, 1.165) is 0 Å². The molecule has 0 atom stereocenters. The summed E-state index contributed by atoms with van der Waals surface area (Å²) >= 11 is 9.28. The predicted octanol–water partition coefficient (Wildman–Crippen LogP) is 4.52. The van der Waals surface area contributed by atoms with Gasteiger partial charge in [-0.25, -0.2) is 4.79 Å². The molecule has 1 amide bonds. The average molecular weight is 510 g/mol. The first-order chi connectivity index (χ1) is 14.8. The van der Waals surface area contributed by atoms with E-state index in [4.69, 9.17) is 30.9 Å². The molecule has 2 aromatic carbocycles. The van der Waals surface area contributed by atoms with Crippen molar-refractivity contribution >= 4 is 51.2 Å². The van der Waals surface area contributed by atoms with Crippen LogP contribution in [0.4, 0.5) is 5.69 Å². The number of anilines is 1. The highest BCUT2D eigenvalue weighted by atomic mass is 79.9. The Labute approximate surface area is 192 Å². The maximum absolute atomic E-state index is 12.6. The molecule has 10 heteroatoms. The SMILES string of the molecule is CCOc1cc(/C=C(\C#N)C(=O)Nc2cc(Cl)ccc2OC)cc(Br)c1OCC(=O)O. The zero-order chi connectivity index (χ0) is 23.0. The van der Waals surface area contributed by atoms with Crippen molar-refractivity contribution in [1.82, 2.24) is 0 Å². The second kappa shape index (κ2) is 11.2. The molecule has 2 rings (SSSR count). The molecular formula is C21H18BrClN2O6. The summed E-state index contributed by atoms with van der Waals surface area (Å²) in [5.74, 6) is -0.954. The van der Waals surface area contributed by atoms with E-state index in [1.54, 1.807) is 25.1 Å². The second-order valence-corrected chi connectivity index (χ2v) is 7.20. The number of halogens is 2. The van der Waals surface area contributed by atoms with Crippen molar-refractivity contribution in [3.05, 3.63) is 51.0 Å². The lowest BCUT2D eigenvalue weighted by Crippen LogP contribution is -2.14. The van der Waals surface area contributed by atoms with Crippen LogP contribution < -0.4 is 19.5 Å². The normalized spacial score (nSPS) is 10.7. The zero-order valence-electron chi connectivity index (χ0n) is 16.6. The molecule has 162 valence electrons. The Morgan fingerprint density at radius 2 is 2.00 bits per heavy atom. The number of rotatable bonds is 9. The summed E-state index contributed by atoms with van der Waals surface area (Å²) in [6.45, 7) is 1.49. The molecule has 31 heavy (non-hydrogen) atoms. The molecule has 0 aliphatic carbocycles. The number of hydrogen-bond acceptors (Lipinski definition) is 6. The highest BCUT2D eigenvalue weighted by Gasteiger charge is 2.16. The fourth-order valence-corrected chi connectivity index (χ4v) is 3.24. The number of ether oxygens (including phenoxy) is 3. The number of carbonyl (C=O) groups excluding carboxylic acids is 1. The maximum atomic E-state index is 12.6. The third kappa shape index (κ3) is 6.64. The average Bonchev–Trinajstić information content (AvgIpc) is 2.71. The van der Waals surface area contributed by atoms with Gasteiger partial charge < -0.3 is 24.6 Å². The summed E-state index contributed by atoms with van der Waals surface area (Å²) in [4.78, 5) is 23.4. The van der Waals surface area contributed by atoms with Gasteiger partial charge in [-0.3, -0.25) is 4.79 Å². The fourth-order valence-electron chi connectivity index (χ4n) is 2.49. The topological polar surface area (TPSA) is 118 Å². The minimum absolute atomic E-state index is 0.185. The molecule has 0 saturated heterocycles. The molecule has 0 bridgehead atoms. The van der Waals surface area contributed by atoms with Crippen LogP contribution in [-0.4, -0.2) is 37.3 Å². The standard InChI is InChI=1S/C21H18BrClN2O6/c1-3-30-18-8-12(7-15(22)20(18)31-11-19(26)27)6-13(10-24)21(28)25-16-9-14(23)4-5-17(16)29-2/h4-9H,3,11H2,1-2H3,(H,25,28)(H,26,27)/b13-6+. The Balaban J connectivity index is 2.37. The van der Waals surface area contributed by atoms with Crippen LogP contribution in [0.15, 0.2) is 40.4 Å². The Morgan fingerprint density at radius 3 is 2.61 bits per heavy atom. The first-order valence-electron chi connectivity index (χ1n) is 8.86. The third-order valence-electron chi connectivity index (χ3n) is 3.76. The minimum Gasteiger partial charge on any atom is -0.495 e. The molecule has 0 aliphatic rings. The maximum Gasteiger partial charge on any atom is 0.341 e. The third-order valence-corrected chi connectivity index (χ3v) is 4.58. The molecule has 0 fully saturated rings. The van der Waals surface area contributed by atoms with Gasteiger partial charge in [-0.1, -0.05) is 11.6 Å². The van der Waals surface area contributed by atoms with Crippen LogP contribution in [0.1, 0.15) is 12.5 Å². The molecule has 2 aromatic rings. The number of nitriles is 1. The molecule has 0 unspecified atom stereocenters. The van der Waals surface area contributed by atoms with Crippen molar-refractivity contribution in [3.63, 3.8) is 0 Å². The van der Waals surface area contributed by atoms with E-state index in [0.29, 0.717) is 33.1 Å². The summed E-state index contributed by atoms with van der Waals surface area (Å²) in [6, 6.07) is 9.68. The van der Waals surface area contributed by atoms with Gasteiger partial charge in [0.15, 0.2) is 18.1 Å². The Bertz CT molecular complexity index is 1060. The van der Waals surface area contributed by atoms with Gasteiger partial charge in [-0.2, -0.15) is 5.26 Å². The lowest BCUT2D eigenvalue weighted by Gasteiger charge is -2.14. The van der Waals surface area contributed by atoms with Gasteiger partial charge >= 0.3 is 5.97 Å². The number of carbonyl (C=O) groups is 2. The summed E-state index contributed by atoms with van der Waals surface area (Å²) in [5, 5.41) is 21.3. The molecule has 8 nitrogen and oxygen atoms in total. The van der Waals surface area contributed by atoms with Gasteiger partial charge in [0.2, 0.25) is 0 Å². The van der Waals surface area contributed by atoms with E-state index in [9.17, 15) is 14.9 Å². The Kier molecular flexibility index (Phi) is 8.73. The van der Waals surface area contributed by atoms with Gasteiger partial charge in [0, 0.05) is 5.02 Å². The molecular weight excluding hydrogens is 492 g/mol. The van der Waals surface area contributed by atoms with E-state index >= 15 is 0 Å². The molecule has 0 heterocycles. The predicted molar refractivity (Wildman–Crippen MR) is 119 cm³/mol. The van der Waals surface area contributed by atoms with Crippen LogP contribution in [0, 0.1) is 11.3 Å². The van der Waals surface area contributed by atoms with E-state index in [2.05, 4.69) is 21.2 Å². The van der Waals surface area contributed by atoms with Gasteiger partial charge in [0.1, 0.15) is 17.4 Å². The number of carboxylic acids is 1. The van der Waals surface area contributed by atoms with E-state index in [-0.39, 0.29) is 17.1 Å². The van der Waals surface area contributed by atoms with E-state index in [1.807, 2.05) is 6.07 Å². The summed E-state index contributed by atoms with van der Waals surface area (Å²) < 4.78 is 16.4. The van der Waals surface area contributed by atoms with Crippen molar-refractivity contribution in [2.45, 2.75) is 6.92 Å². The highest BCUT2D eigenvalue weighted by molar-refractivity contribution is 9.10. The lowest BCUT2D eigenvalue weighted by molar-refractivity contribution is -0.139. The highest BCUT2D eigenvalue weighted by Crippen LogP contribution is 2.37. The first kappa shape index (κ1) is 24.1. The number of nitrogens with zero attached hydrogens (tertiary/aromatic N) is 1. The molecule has 0 saturated carbocycles. The van der Waals surface area contributed by atoms with Crippen molar-refractivity contribution in [2.75, 3.05) is 25.6 Å². The number of amides is 1. The summed E-state index contributed by atoms with van der Waals surface area (Å²) in [7, 11) is 1.45. The number of nitrogens with one attached hydrogen (secondary N) is 1. The Morgan fingerprint density at radius 1 is 1.26 bits per heavy atom. The van der Waals surface area contributed by atoms with E-state index < -0.39 is 18.5 Å². The summed E-state index contributed by atoms with van der Waals surface area (Å²) in [5.41, 5.74) is 0.591. The zero-order valence-corrected chi connectivity index (χ0v) is 18.9. The van der Waals surface area contributed by atoms with Crippen molar-refractivity contribution in [2.24, 2.45) is 0 Å². The molecule has 2 N–H and O–H groups in total. The smallest absolute Gasteiger partial charge is 0.341 e. The second-order valence-electron chi connectivity index (χ2n) is 5.91. The van der Waals surface area contributed by atoms with Gasteiger partial charge in [0.05, 0.1) is 23.9 Å². The summed E-state index contributed by atoms with van der Waals surface area (Å²) in [6.07, 6.45) is 1.36. The van der Waals surface area contributed by atoms with Gasteiger partial charge in [-0.15, -0.1) is 0 Å². The number of carboxylic acid groups (broad SMARTS) is 1.